The summed E-state index contributed by atoms with van der Waals surface area (Å²) in [6.07, 6.45) is 0.622. The van der Waals surface area contributed by atoms with Crippen LogP contribution >= 0.6 is 10.5 Å². The molecule has 0 amide bonds. The summed E-state index contributed by atoms with van der Waals surface area (Å²) in [4.78, 5) is 13.6. The predicted molar refractivity (Wildman–Crippen MR) is 167 cm³/mol. The first-order chi connectivity index (χ1) is 21.5. The molecule has 4 saturated carbocycles. The standard InChI is InChI=1S/C18H13S.C16H22F4O6S/c1-2-8-14(9-3-1)19-17-12-6-4-10-15(17)16-11-5-7-13-18(16)19;1-9(15(17,18)16(19,20)27(23,24)25)26-12(21)7-13-3-10-2-11(4-13)6-14(22,5-10)8-13/h1-13H;9-11,22H,2-8H2,1H3,(H,23,24,25)/q+1;/p-1. The summed E-state index contributed by atoms with van der Waals surface area (Å²) < 4.78 is 92.9. The van der Waals surface area contributed by atoms with Crippen molar-refractivity contribution in [3.8, 4) is 4.90 Å². The number of halogens is 4. The molecule has 4 fully saturated rings. The van der Waals surface area contributed by atoms with Crippen molar-refractivity contribution in [3.63, 3.8) is 0 Å². The first-order valence-corrected chi connectivity index (χ1v) is 17.8. The molecule has 3 unspecified atom stereocenters. The van der Waals surface area contributed by atoms with E-state index in [0.717, 1.165) is 6.42 Å². The van der Waals surface area contributed by atoms with Gasteiger partial charge < -0.3 is 14.4 Å². The fraction of sp³-hybridized carbons (Fsp3) is 0.441. The summed E-state index contributed by atoms with van der Waals surface area (Å²) in [5.74, 6) is -6.11. The third-order valence-corrected chi connectivity index (χ3v) is 12.9. The van der Waals surface area contributed by atoms with E-state index in [4.69, 9.17) is 0 Å². The summed E-state index contributed by atoms with van der Waals surface area (Å²) in [5.41, 5.74) is -1.53. The molecule has 12 heteroatoms. The number of thiophene rings is 1. The molecule has 4 aliphatic rings. The molecule has 1 heterocycles. The Morgan fingerprint density at radius 3 is 1.91 bits per heavy atom. The summed E-state index contributed by atoms with van der Waals surface area (Å²) in [7, 11) is -6.59. The lowest BCUT2D eigenvalue weighted by atomic mass is 9.47. The number of aliphatic hydroxyl groups is 1. The fourth-order valence-corrected chi connectivity index (χ4v) is 11.2. The Hall–Kier alpha value is -3.06. The number of esters is 1. The normalized spacial score (nSPS) is 26.5. The molecular weight excluding hydrogens is 644 g/mol. The zero-order chi connectivity index (χ0) is 33.1. The highest BCUT2D eigenvalue weighted by molar-refractivity contribution is 7.86. The van der Waals surface area contributed by atoms with E-state index in [9.17, 15) is 40.4 Å². The maximum absolute atomic E-state index is 13.8. The molecule has 3 atom stereocenters. The highest BCUT2D eigenvalue weighted by Crippen LogP contribution is 2.63. The molecule has 8 rings (SSSR count). The number of ether oxygens (including phenoxy) is 1. The second kappa shape index (κ2) is 11.6. The minimum atomic E-state index is -6.65. The Kier molecular flexibility index (Phi) is 8.27. The first-order valence-electron chi connectivity index (χ1n) is 15.1. The van der Waals surface area contributed by atoms with Crippen molar-refractivity contribution in [2.24, 2.45) is 17.3 Å². The molecule has 0 saturated heterocycles. The van der Waals surface area contributed by atoms with Crippen molar-refractivity contribution in [2.45, 2.75) is 74.8 Å². The molecule has 4 aliphatic carbocycles. The van der Waals surface area contributed by atoms with Gasteiger partial charge in [-0.15, -0.1) is 0 Å². The van der Waals surface area contributed by atoms with Gasteiger partial charge in [-0.3, -0.25) is 4.79 Å². The summed E-state index contributed by atoms with van der Waals surface area (Å²) in [6, 6.07) is 28.4. The van der Waals surface area contributed by atoms with E-state index in [1.54, 1.807) is 0 Å². The van der Waals surface area contributed by atoms with Gasteiger partial charge in [-0.25, -0.2) is 8.42 Å². The molecule has 1 aromatic heterocycles. The van der Waals surface area contributed by atoms with Crippen LogP contribution in [0.15, 0.2) is 78.9 Å². The van der Waals surface area contributed by atoms with E-state index in [1.165, 1.54) is 25.1 Å². The van der Waals surface area contributed by atoms with Gasteiger partial charge in [0.2, 0.25) is 0 Å². The monoisotopic (exact) mass is 678 g/mol. The smallest absolute Gasteiger partial charge is 0.400 e. The largest absolute Gasteiger partial charge is 0.743 e. The first kappa shape index (κ1) is 32.9. The van der Waals surface area contributed by atoms with Gasteiger partial charge in [0.25, 0.3) is 0 Å². The van der Waals surface area contributed by atoms with Crippen LogP contribution in [0, 0.1) is 17.3 Å². The Labute approximate surface area is 267 Å². The van der Waals surface area contributed by atoms with Crippen LogP contribution in [0.5, 0.6) is 0 Å². The van der Waals surface area contributed by atoms with E-state index in [1.807, 2.05) is 0 Å². The molecule has 0 aliphatic heterocycles. The van der Waals surface area contributed by atoms with Crippen LogP contribution in [-0.2, 0) is 19.6 Å². The predicted octanol–water partition coefficient (Wildman–Crippen LogP) is 8.14. The number of alkyl halides is 4. The number of carbonyl (C=O) groups is 1. The Bertz CT molecular complexity index is 1810. The maximum Gasteiger partial charge on any atom is 0.400 e. The molecular formula is C34H34F4O6S2. The van der Waals surface area contributed by atoms with Gasteiger partial charge >= 0.3 is 17.1 Å². The van der Waals surface area contributed by atoms with Crippen LogP contribution in [0.25, 0.3) is 25.1 Å². The van der Waals surface area contributed by atoms with E-state index in [-0.39, 0.29) is 28.7 Å². The van der Waals surface area contributed by atoms with Crippen LogP contribution in [0.4, 0.5) is 17.6 Å². The molecule has 46 heavy (non-hydrogen) atoms. The number of hydrogen-bond donors (Lipinski definition) is 1. The zero-order valence-corrected chi connectivity index (χ0v) is 26.6. The van der Waals surface area contributed by atoms with Crippen LogP contribution in [0.3, 0.4) is 0 Å². The highest BCUT2D eigenvalue weighted by atomic mass is 32.2. The number of rotatable bonds is 7. The number of benzene rings is 3. The van der Waals surface area contributed by atoms with Crippen molar-refractivity contribution in [3.05, 3.63) is 78.9 Å². The Balaban J connectivity index is 0.000000171. The second-order valence-corrected chi connectivity index (χ2v) is 16.6. The topological polar surface area (TPSA) is 104 Å². The molecule has 6 nitrogen and oxygen atoms in total. The SMILES string of the molecule is CC(OC(=O)CC12CC3CC(CC(O)(C3)C1)C2)C(F)(F)C(F)(F)S(=O)(=O)[O-].c1ccc(-[s+]2c3ccccc3c3ccccc32)cc1. The van der Waals surface area contributed by atoms with Gasteiger partial charge in [0, 0.05) is 21.2 Å². The van der Waals surface area contributed by atoms with Crippen LogP contribution in [0.1, 0.15) is 51.9 Å². The number of carbonyl (C=O) groups excluding carboxylic acids is 1. The van der Waals surface area contributed by atoms with Gasteiger partial charge in [0.15, 0.2) is 30.5 Å². The summed E-state index contributed by atoms with van der Waals surface area (Å²) in [6.45, 7) is 0.421. The van der Waals surface area contributed by atoms with Gasteiger partial charge in [-0.2, -0.15) is 17.6 Å². The minimum absolute atomic E-state index is 0.0594. The van der Waals surface area contributed by atoms with E-state index < -0.39 is 44.4 Å². The fourth-order valence-electron chi connectivity index (χ4n) is 8.29. The molecule has 0 radical (unpaired) electrons. The average Bonchev–Trinajstić information content (AvgIpc) is 3.30. The molecule has 0 spiro atoms. The van der Waals surface area contributed by atoms with E-state index in [2.05, 4.69) is 83.6 Å². The van der Waals surface area contributed by atoms with Gasteiger partial charge in [-0.05, 0) is 99.1 Å². The van der Waals surface area contributed by atoms with Crippen molar-refractivity contribution in [1.82, 2.24) is 0 Å². The van der Waals surface area contributed by atoms with Crippen LogP contribution < -0.4 is 0 Å². The van der Waals surface area contributed by atoms with Gasteiger partial charge in [0.1, 0.15) is 0 Å². The quantitative estimate of drug-likeness (QED) is 0.0916. The number of fused-ring (bicyclic) bond motifs is 3. The van der Waals surface area contributed by atoms with Crippen LogP contribution in [-0.4, -0.2) is 46.9 Å². The third-order valence-electron chi connectivity index (χ3n) is 9.67. The highest BCUT2D eigenvalue weighted by Gasteiger charge is 2.66. The van der Waals surface area contributed by atoms with Crippen molar-refractivity contribution >= 4 is 46.7 Å². The maximum atomic E-state index is 13.8. The van der Waals surface area contributed by atoms with Crippen molar-refractivity contribution in [1.29, 1.82) is 0 Å². The molecule has 3 aromatic carbocycles. The summed E-state index contributed by atoms with van der Waals surface area (Å²) >= 11 is 0. The Morgan fingerprint density at radius 2 is 1.41 bits per heavy atom. The van der Waals surface area contributed by atoms with Crippen molar-refractivity contribution in [2.75, 3.05) is 0 Å². The second-order valence-electron chi connectivity index (χ2n) is 13.2. The molecule has 4 bridgehead atoms. The van der Waals surface area contributed by atoms with Gasteiger partial charge in [0.05, 0.1) is 12.0 Å². The van der Waals surface area contributed by atoms with E-state index in [0.29, 0.717) is 39.0 Å². The van der Waals surface area contributed by atoms with Gasteiger partial charge in [-0.1, -0.05) is 42.5 Å². The van der Waals surface area contributed by atoms with Crippen molar-refractivity contribution < 1.29 is 45.2 Å². The van der Waals surface area contributed by atoms with Crippen LogP contribution in [0.2, 0.25) is 0 Å². The molecule has 1 N–H and O–H groups in total. The average molecular weight is 679 g/mol. The molecule has 4 aromatic rings. The minimum Gasteiger partial charge on any atom is -0.743 e. The molecule has 246 valence electrons. The van der Waals surface area contributed by atoms with E-state index >= 15 is 0 Å². The Morgan fingerprint density at radius 1 is 0.913 bits per heavy atom. The lowest BCUT2D eigenvalue weighted by Crippen LogP contribution is -2.57. The summed E-state index contributed by atoms with van der Waals surface area (Å²) in [5, 5.41) is 7.50. The zero-order valence-electron chi connectivity index (χ0n) is 25.0. The lowest BCUT2D eigenvalue weighted by Gasteiger charge is -2.60. The number of hydrogen-bond acceptors (Lipinski definition) is 6. The lowest BCUT2D eigenvalue weighted by molar-refractivity contribution is -0.226. The third kappa shape index (κ3) is 5.82.